The zero-order valence-corrected chi connectivity index (χ0v) is 24.2. The second-order valence-electron chi connectivity index (χ2n) is 10.8. The van der Waals surface area contributed by atoms with E-state index in [0.717, 1.165) is 55.4 Å². The number of pyridine rings is 2. The third-order valence-electron chi connectivity index (χ3n) is 8.02. The molecule has 1 N–H and O–H groups in total. The molecule has 5 aromatic carbocycles. The highest BCUT2D eigenvalue weighted by Crippen LogP contribution is 2.41. The van der Waals surface area contributed by atoms with Crippen molar-refractivity contribution in [2.45, 2.75) is 0 Å². The van der Waals surface area contributed by atoms with Crippen molar-refractivity contribution < 1.29 is 9.84 Å². The zero-order chi connectivity index (χ0) is 30.2. The van der Waals surface area contributed by atoms with Crippen LogP contribution in [0, 0.1) is 0 Å². The molecular weight excluding hydrogens is 554 g/mol. The maximum absolute atomic E-state index is 11.1. The van der Waals surface area contributed by atoms with Gasteiger partial charge in [0, 0.05) is 34.2 Å². The van der Waals surface area contributed by atoms with Gasteiger partial charge in [0.05, 0.1) is 16.9 Å². The van der Waals surface area contributed by atoms with Gasteiger partial charge in [-0.2, -0.15) is 0 Å². The molecule has 0 saturated carbocycles. The van der Waals surface area contributed by atoms with Crippen LogP contribution in [-0.4, -0.2) is 19.6 Å². The Labute approximate surface area is 260 Å². The van der Waals surface area contributed by atoms with Crippen molar-refractivity contribution in [2.75, 3.05) is 0 Å². The van der Waals surface area contributed by atoms with Gasteiger partial charge in [0.25, 0.3) is 0 Å². The summed E-state index contributed by atoms with van der Waals surface area (Å²) in [4.78, 5) is 9.73. The van der Waals surface area contributed by atoms with Crippen molar-refractivity contribution in [3.63, 3.8) is 0 Å². The number of rotatable bonds is 6. The van der Waals surface area contributed by atoms with Gasteiger partial charge < -0.3 is 9.84 Å². The fraction of sp³-hybridized carbons (Fsp3) is 0. The van der Waals surface area contributed by atoms with Gasteiger partial charge in [-0.1, -0.05) is 97.1 Å². The van der Waals surface area contributed by atoms with Crippen molar-refractivity contribution in [1.29, 1.82) is 0 Å². The first-order valence-electron chi connectivity index (χ1n) is 14.8. The molecule has 0 aliphatic carbocycles. The van der Waals surface area contributed by atoms with E-state index >= 15 is 0 Å². The van der Waals surface area contributed by atoms with Crippen LogP contribution in [-0.2, 0) is 0 Å². The normalized spacial score (nSPS) is 11.2. The van der Waals surface area contributed by atoms with Crippen LogP contribution in [0.25, 0.3) is 61.1 Å². The molecule has 0 bridgehead atoms. The Kier molecular flexibility index (Phi) is 6.54. The average molecular weight is 582 g/mol. The molecule has 0 saturated heterocycles. The molecule has 0 radical (unpaired) electrons. The van der Waals surface area contributed by atoms with Crippen LogP contribution in [0.1, 0.15) is 0 Å². The molecule has 0 aliphatic rings. The molecule has 0 amide bonds. The Morgan fingerprint density at radius 1 is 0.556 bits per heavy atom. The Morgan fingerprint density at radius 3 is 2.07 bits per heavy atom. The molecule has 3 aromatic heterocycles. The van der Waals surface area contributed by atoms with Crippen LogP contribution in [0.15, 0.2) is 158 Å². The number of hydrogen-bond acceptors (Lipinski definition) is 4. The third-order valence-corrected chi connectivity index (χ3v) is 8.02. The van der Waals surface area contributed by atoms with Crippen LogP contribution >= 0.6 is 0 Å². The largest absolute Gasteiger partial charge is 0.506 e. The van der Waals surface area contributed by atoms with Crippen molar-refractivity contribution in [3.8, 4) is 56.6 Å². The van der Waals surface area contributed by atoms with Crippen LogP contribution in [0.5, 0.6) is 17.4 Å². The summed E-state index contributed by atoms with van der Waals surface area (Å²) in [5.41, 5.74) is 8.41. The van der Waals surface area contributed by atoms with Crippen molar-refractivity contribution in [3.05, 3.63) is 158 Å². The standard InChI is InChI=1S/C40H27N3O2/c44-37-19-8-7-18-36(37)43-35-22-21-29(27-12-3-1-4-13-27)25-33(35)34-26-32(28-14-5-2-6-15-28)39(42-40(34)43)30-16-11-17-31(24-30)45-38-20-9-10-23-41-38/h1-26,44H. The maximum Gasteiger partial charge on any atom is 0.219 e. The van der Waals surface area contributed by atoms with Gasteiger partial charge in [0.15, 0.2) is 0 Å². The van der Waals surface area contributed by atoms with Gasteiger partial charge in [-0.15, -0.1) is 0 Å². The van der Waals surface area contributed by atoms with Gasteiger partial charge in [0.2, 0.25) is 5.88 Å². The van der Waals surface area contributed by atoms with E-state index in [-0.39, 0.29) is 5.75 Å². The first-order valence-corrected chi connectivity index (χ1v) is 14.8. The van der Waals surface area contributed by atoms with Gasteiger partial charge in [-0.3, -0.25) is 4.57 Å². The van der Waals surface area contributed by atoms with Crippen LogP contribution < -0.4 is 4.74 Å². The second kappa shape index (κ2) is 11.1. The highest BCUT2D eigenvalue weighted by molar-refractivity contribution is 6.11. The zero-order valence-electron chi connectivity index (χ0n) is 24.2. The van der Waals surface area contributed by atoms with Crippen LogP contribution in [0.4, 0.5) is 0 Å². The van der Waals surface area contributed by atoms with Gasteiger partial charge >= 0.3 is 0 Å². The molecular formula is C40H27N3O2. The number of phenolic OH excluding ortho intramolecular Hbond substituents is 1. The van der Waals surface area contributed by atoms with Crippen molar-refractivity contribution in [2.24, 2.45) is 0 Å². The number of para-hydroxylation sites is 2. The average Bonchev–Trinajstić information content (AvgIpc) is 3.42. The monoisotopic (exact) mass is 581 g/mol. The summed E-state index contributed by atoms with van der Waals surface area (Å²) in [6.45, 7) is 0. The minimum atomic E-state index is 0.185. The highest BCUT2D eigenvalue weighted by atomic mass is 16.5. The Morgan fingerprint density at radius 2 is 1.29 bits per heavy atom. The lowest BCUT2D eigenvalue weighted by molar-refractivity contribution is 0.463. The number of ether oxygens (including phenoxy) is 1. The van der Waals surface area contributed by atoms with E-state index < -0.39 is 0 Å². The first kappa shape index (κ1) is 26.4. The van der Waals surface area contributed by atoms with E-state index in [1.54, 1.807) is 12.3 Å². The summed E-state index contributed by atoms with van der Waals surface area (Å²) in [6.07, 6.45) is 1.71. The SMILES string of the molecule is Oc1ccccc1-n1c2ccc(-c3ccccc3)cc2c2cc(-c3ccccc3)c(-c3cccc(Oc4ccccn4)c3)nc21. The van der Waals surface area contributed by atoms with Gasteiger partial charge in [0.1, 0.15) is 17.1 Å². The number of aromatic hydroxyl groups is 1. The molecule has 0 spiro atoms. The summed E-state index contributed by atoms with van der Waals surface area (Å²) in [5.74, 6) is 1.38. The molecule has 0 atom stereocenters. The minimum Gasteiger partial charge on any atom is -0.506 e. The lowest BCUT2D eigenvalue weighted by Crippen LogP contribution is -1.98. The smallest absolute Gasteiger partial charge is 0.219 e. The highest BCUT2D eigenvalue weighted by Gasteiger charge is 2.21. The van der Waals surface area contributed by atoms with Gasteiger partial charge in [-0.25, -0.2) is 9.97 Å². The lowest BCUT2D eigenvalue weighted by Gasteiger charge is -2.14. The third kappa shape index (κ3) is 4.86. The quantitative estimate of drug-likeness (QED) is 0.212. The molecule has 0 fully saturated rings. The van der Waals surface area contributed by atoms with E-state index in [0.29, 0.717) is 17.3 Å². The first-order chi connectivity index (χ1) is 22.2. The van der Waals surface area contributed by atoms with Gasteiger partial charge in [-0.05, 0) is 65.2 Å². The van der Waals surface area contributed by atoms with Crippen molar-refractivity contribution >= 4 is 21.9 Å². The van der Waals surface area contributed by atoms with E-state index in [4.69, 9.17) is 9.72 Å². The molecule has 5 heteroatoms. The topological polar surface area (TPSA) is 60.2 Å². The number of benzene rings is 5. The molecule has 45 heavy (non-hydrogen) atoms. The number of nitrogens with zero attached hydrogens (tertiary/aromatic N) is 3. The molecule has 8 aromatic rings. The summed E-state index contributed by atoms with van der Waals surface area (Å²) < 4.78 is 8.17. The Bertz CT molecular complexity index is 2300. The van der Waals surface area contributed by atoms with E-state index in [2.05, 4.69) is 70.2 Å². The maximum atomic E-state index is 11.1. The predicted molar refractivity (Wildman–Crippen MR) is 181 cm³/mol. The second-order valence-corrected chi connectivity index (χ2v) is 10.8. The summed E-state index contributed by atoms with van der Waals surface area (Å²) in [5, 5.41) is 13.1. The van der Waals surface area contributed by atoms with E-state index in [1.165, 1.54) is 0 Å². The summed E-state index contributed by atoms with van der Waals surface area (Å²) in [6, 6.07) is 50.3. The Hall–Kier alpha value is -6.20. The summed E-state index contributed by atoms with van der Waals surface area (Å²) >= 11 is 0. The number of hydrogen-bond donors (Lipinski definition) is 1. The Balaban J connectivity index is 1.42. The minimum absolute atomic E-state index is 0.185. The number of aromatic nitrogens is 3. The molecule has 0 unspecified atom stereocenters. The molecule has 214 valence electrons. The molecule has 5 nitrogen and oxygen atoms in total. The molecule has 3 heterocycles. The van der Waals surface area contributed by atoms with Crippen LogP contribution in [0.2, 0.25) is 0 Å². The predicted octanol–water partition coefficient (Wildman–Crippen LogP) is 10.1. The lowest BCUT2D eigenvalue weighted by atomic mass is 9.97. The number of fused-ring (bicyclic) bond motifs is 3. The fourth-order valence-electron chi connectivity index (χ4n) is 5.93. The van der Waals surface area contributed by atoms with Crippen LogP contribution in [0.3, 0.4) is 0 Å². The summed E-state index contributed by atoms with van der Waals surface area (Å²) in [7, 11) is 0. The molecule has 0 aliphatic heterocycles. The molecule has 8 rings (SSSR count). The van der Waals surface area contributed by atoms with Crippen molar-refractivity contribution in [1.82, 2.24) is 14.5 Å². The van der Waals surface area contributed by atoms with E-state index in [9.17, 15) is 5.11 Å². The number of phenols is 1. The van der Waals surface area contributed by atoms with E-state index in [1.807, 2.05) is 84.9 Å². The fourth-order valence-corrected chi connectivity index (χ4v) is 5.93.